The summed E-state index contributed by atoms with van der Waals surface area (Å²) in [5.74, 6) is 2.58. The van der Waals surface area contributed by atoms with E-state index >= 15 is 0 Å². The molecule has 30 heavy (non-hydrogen) atoms. The monoisotopic (exact) mass is 406 g/mol. The summed E-state index contributed by atoms with van der Waals surface area (Å²) in [6, 6.07) is 14.3. The molecule has 0 bridgehead atoms. The van der Waals surface area contributed by atoms with Crippen LogP contribution in [0.1, 0.15) is 29.8 Å². The smallest absolute Gasteiger partial charge is 0.145 e. The van der Waals surface area contributed by atoms with E-state index in [0.29, 0.717) is 12.6 Å². The van der Waals surface area contributed by atoms with Gasteiger partial charge in [0.05, 0.1) is 25.3 Å². The van der Waals surface area contributed by atoms with Gasteiger partial charge in [-0.3, -0.25) is 4.90 Å². The lowest BCUT2D eigenvalue weighted by atomic mass is 10.1. The molecule has 3 aromatic rings. The van der Waals surface area contributed by atoms with Gasteiger partial charge in [-0.25, -0.2) is 9.97 Å². The van der Waals surface area contributed by atoms with Crippen molar-refractivity contribution in [3.05, 3.63) is 59.4 Å². The third-order valence-corrected chi connectivity index (χ3v) is 5.77. The van der Waals surface area contributed by atoms with Crippen molar-refractivity contribution < 1.29 is 9.47 Å². The summed E-state index contributed by atoms with van der Waals surface area (Å²) >= 11 is 0. The van der Waals surface area contributed by atoms with Gasteiger partial charge in [0.15, 0.2) is 0 Å². The van der Waals surface area contributed by atoms with Gasteiger partial charge < -0.3 is 14.8 Å². The molecule has 6 nitrogen and oxygen atoms in total. The van der Waals surface area contributed by atoms with Gasteiger partial charge in [-0.1, -0.05) is 30.3 Å². The number of anilines is 1. The molecule has 2 heterocycles. The predicted molar refractivity (Wildman–Crippen MR) is 120 cm³/mol. The normalized spacial score (nSPS) is 17.2. The van der Waals surface area contributed by atoms with E-state index in [1.165, 1.54) is 0 Å². The van der Waals surface area contributed by atoms with Crippen molar-refractivity contribution in [1.29, 1.82) is 0 Å². The minimum absolute atomic E-state index is 0.295. The van der Waals surface area contributed by atoms with E-state index in [-0.39, 0.29) is 0 Å². The number of piperidine rings is 1. The Morgan fingerprint density at radius 3 is 2.80 bits per heavy atom. The molecule has 158 valence electrons. The molecule has 1 aliphatic heterocycles. The maximum absolute atomic E-state index is 5.57. The highest BCUT2D eigenvalue weighted by Gasteiger charge is 2.21. The van der Waals surface area contributed by atoms with Gasteiger partial charge in [0.1, 0.15) is 17.4 Å². The van der Waals surface area contributed by atoms with Gasteiger partial charge in [0.25, 0.3) is 0 Å². The van der Waals surface area contributed by atoms with Crippen LogP contribution in [0.3, 0.4) is 0 Å². The van der Waals surface area contributed by atoms with E-state index in [4.69, 9.17) is 19.4 Å². The Balaban J connectivity index is 1.62. The zero-order valence-electron chi connectivity index (χ0n) is 18.0. The van der Waals surface area contributed by atoms with E-state index in [1.54, 1.807) is 14.2 Å². The Bertz CT molecular complexity index is 1010. The van der Waals surface area contributed by atoms with Crippen LogP contribution < -0.4 is 10.1 Å². The number of benzene rings is 2. The molecular formula is C24H30N4O2. The van der Waals surface area contributed by atoms with Gasteiger partial charge in [-0.15, -0.1) is 0 Å². The molecule has 1 aliphatic rings. The Morgan fingerprint density at radius 1 is 1.10 bits per heavy atom. The van der Waals surface area contributed by atoms with Crippen LogP contribution in [0.2, 0.25) is 0 Å². The summed E-state index contributed by atoms with van der Waals surface area (Å²) in [6.45, 7) is 5.45. The van der Waals surface area contributed by atoms with Crippen molar-refractivity contribution in [2.24, 2.45) is 0 Å². The number of aryl methyl sites for hydroxylation is 1. The fraction of sp³-hybridized carbons (Fsp3) is 0.417. The molecule has 1 saturated heterocycles. The third-order valence-electron chi connectivity index (χ3n) is 5.77. The topological polar surface area (TPSA) is 59.5 Å². The number of ether oxygens (including phenoxy) is 2. The maximum atomic E-state index is 5.57. The van der Waals surface area contributed by atoms with Crippen molar-refractivity contribution >= 4 is 16.7 Å². The second-order valence-electron chi connectivity index (χ2n) is 7.86. The number of nitrogens with one attached hydrogen (secondary N) is 1. The summed E-state index contributed by atoms with van der Waals surface area (Å²) < 4.78 is 11.1. The molecular weight excluding hydrogens is 376 g/mol. The SMILES string of the molecule is COc1ccccc1CNc1nc(CN2CCCC(OC)C2)nc2c(C)cccc12. The second-order valence-corrected chi connectivity index (χ2v) is 7.86. The molecule has 0 aliphatic carbocycles. The third kappa shape index (κ3) is 4.55. The lowest BCUT2D eigenvalue weighted by Crippen LogP contribution is -2.39. The Labute approximate surface area is 178 Å². The Morgan fingerprint density at radius 2 is 1.97 bits per heavy atom. The summed E-state index contributed by atoms with van der Waals surface area (Å²) in [5, 5.41) is 4.57. The number of fused-ring (bicyclic) bond motifs is 1. The van der Waals surface area contributed by atoms with Crippen molar-refractivity contribution in [3.8, 4) is 5.75 Å². The van der Waals surface area contributed by atoms with Crippen LogP contribution in [-0.2, 0) is 17.8 Å². The molecule has 1 atom stereocenters. The summed E-state index contributed by atoms with van der Waals surface area (Å²) in [5.41, 5.74) is 3.26. The second kappa shape index (κ2) is 9.41. The summed E-state index contributed by atoms with van der Waals surface area (Å²) in [7, 11) is 3.50. The first-order valence-corrected chi connectivity index (χ1v) is 10.5. The average Bonchev–Trinajstić information content (AvgIpc) is 2.78. The van der Waals surface area contributed by atoms with Gasteiger partial charge >= 0.3 is 0 Å². The van der Waals surface area contributed by atoms with Crippen molar-refractivity contribution in [2.75, 3.05) is 32.6 Å². The van der Waals surface area contributed by atoms with Crippen LogP contribution in [0.4, 0.5) is 5.82 Å². The molecule has 6 heteroatoms. The van der Waals surface area contributed by atoms with Crippen LogP contribution in [0.15, 0.2) is 42.5 Å². The van der Waals surface area contributed by atoms with E-state index in [2.05, 4.69) is 41.4 Å². The number of aromatic nitrogens is 2. The molecule has 1 N–H and O–H groups in total. The first kappa shape index (κ1) is 20.6. The molecule has 0 amide bonds. The molecule has 1 unspecified atom stereocenters. The quantitative estimate of drug-likeness (QED) is 0.636. The van der Waals surface area contributed by atoms with Gasteiger partial charge in [0.2, 0.25) is 0 Å². The Kier molecular flexibility index (Phi) is 6.45. The fourth-order valence-corrected chi connectivity index (χ4v) is 4.12. The highest BCUT2D eigenvalue weighted by molar-refractivity contribution is 5.91. The molecule has 1 fully saturated rings. The van der Waals surface area contributed by atoms with Crippen molar-refractivity contribution in [2.45, 2.75) is 39.0 Å². The van der Waals surface area contributed by atoms with Crippen LogP contribution in [0.25, 0.3) is 10.9 Å². The van der Waals surface area contributed by atoms with Crippen LogP contribution in [-0.4, -0.2) is 48.3 Å². The summed E-state index contributed by atoms with van der Waals surface area (Å²) in [4.78, 5) is 12.2. The molecule has 0 spiro atoms. The van der Waals surface area contributed by atoms with Crippen LogP contribution in [0.5, 0.6) is 5.75 Å². The zero-order chi connectivity index (χ0) is 20.9. The minimum atomic E-state index is 0.295. The molecule has 0 saturated carbocycles. The van der Waals surface area contributed by atoms with E-state index < -0.39 is 0 Å². The first-order chi connectivity index (χ1) is 14.7. The molecule has 0 radical (unpaired) electrons. The standard InChI is InChI=1S/C24H30N4O2/c1-17-8-6-11-20-23(17)26-22(16-28-13-7-10-19(15-28)29-2)27-24(20)25-14-18-9-4-5-12-21(18)30-3/h4-6,8-9,11-12,19H,7,10,13-16H2,1-3H3,(H,25,26,27). The number of methoxy groups -OCH3 is 2. The number of likely N-dealkylation sites (tertiary alicyclic amines) is 1. The lowest BCUT2D eigenvalue weighted by Gasteiger charge is -2.31. The number of hydrogen-bond donors (Lipinski definition) is 1. The fourth-order valence-electron chi connectivity index (χ4n) is 4.12. The van der Waals surface area contributed by atoms with E-state index in [0.717, 1.165) is 71.9 Å². The summed E-state index contributed by atoms with van der Waals surface area (Å²) in [6.07, 6.45) is 2.56. The lowest BCUT2D eigenvalue weighted by molar-refractivity contribution is 0.0277. The number of hydrogen-bond acceptors (Lipinski definition) is 6. The maximum Gasteiger partial charge on any atom is 0.145 e. The first-order valence-electron chi connectivity index (χ1n) is 10.5. The number of rotatable bonds is 7. The molecule has 4 rings (SSSR count). The highest BCUT2D eigenvalue weighted by atomic mass is 16.5. The van der Waals surface area contributed by atoms with E-state index in [9.17, 15) is 0 Å². The minimum Gasteiger partial charge on any atom is -0.496 e. The van der Waals surface area contributed by atoms with Crippen LogP contribution in [0, 0.1) is 6.92 Å². The number of nitrogens with zero attached hydrogens (tertiary/aromatic N) is 3. The van der Waals surface area contributed by atoms with Crippen LogP contribution >= 0.6 is 0 Å². The molecule has 2 aromatic carbocycles. The van der Waals surface area contributed by atoms with E-state index in [1.807, 2.05) is 18.2 Å². The highest BCUT2D eigenvalue weighted by Crippen LogP contribution is 2.26. The average molecular weight is 407 g/mol. The van der Waals surface area contributed by atoms with Gasteiger partial charge in [-0.05, 0) is 44.0 Å². The zero-order valence-corrected chi connectivity index (χ0v) is 18.0. The Hall–Kier alpha value is -2.70. The van der Waals surface area contributed by atoms with Gasteiger partial charge in [-0.2, -0.15) is 0 Å². The predicted octanol–water partition coefficient (Wildman–Crippen LogP) is 4.17. The van der Waals surface area contributed by atoms with Gasteiger partial charge in [0, 0.05) is 31.1 Å². The largest absolute Gasteiger partial charge is 0.496 e. The number of para-hydroxylation sites is 2. The van der Waals surface area contributed by atoms with Crippen molar-refractivity contribution in [1.82, 2.24) is 14.9 Å². The van der Waals surface area contributed by atoms with Crippen molar-refractivity contribution in [3.63, 3.8) is 0 Å². The molecule has 1 aromatic heterocycles.